The van der Waals surface area contributed by atoms with Gasteiger partial charge in [0.25, 0.3) is 5.91 Å². The van der Waals surface area contributed by atoms with Crippen molar-refractivity contribution < 1.29 is 14.7 Å². The van der Waals surface area contributed by atoms with Crippen molar-refractivity contribution in [2.75, 3.05) is 11.5 Å². The van der Waals surface area contributed by atoms with Crippen LogP contribution in [0.1, 0.15) is 15.9 Å². The Morgan fingerprint density at radius 2 is 1.56 bits per heavy atom. The van der Waals surface area contributed by atoms with E-state index in [1.165, 1.54) is 11.8 Å². The Bertz CT molecular complexity index is 987. The SMILES string of the molecule is O=C(O)CSC/C(=N\NC(=O)c1ccc2ccccc2c1)c1ccccc1. The lowest BCUT2D eigenvalue weighted by Gasteiger charge is -2.07. The highest BCUT2D eigenvalue weighted by molar-refractivity contribution is 8.00. The maximum absolute atomic E-state index is 12.5. The molecule has 0 radical (unpaired) electrons. The maximum atomic E-state index is 12.5. The summed E-state index contributed by atoms with van der Waals surface area (Å²) in [6.45, 7) is 0. The monoisotopic (exact) mass is 378 g/mol. The first-order valence-corrected chi connectivity index (χ1v) is 9.49. The Labute approximate surface area is 161 Å². The Hall–Kier alpha value is -3.12. The third kappa shape index (κ3) is 5.18. The highest BCUT2D eigenvalue weighted by Crippen LogP contribution is 2.15. The lowest BCUT2D eigenvalue weighted by atomic mass is 10.1. The van der Waals surface area contributed by atoms with Crippen LogP contribution in [0.4, 0.5) is 0 Å². The van der Waals surface area contributed by atoms with Crippen LogP contribution in [-0.2, 0) is 4.79 Å². The van der Waals surface area contributed by atoms with E-state index in [0.29, 0.717) is 17.0 Å². The first kappa shape index (κ1) is 18.7. The van der Waals surface area contributed by atoms with Crippen LogP contribution in [0, 0.1) is 0 Å². The molecule has 0 spiro atoms. The number of rotatable bonds is 7. The van der Waals surface area contributed by atoms with Gasteiger partial charge in [0.2, 0.25) is 0 Å². The van der Waals surface area contributed by atoms with Gasteiger partial charge >= 0.3 is 5.97 Å². The van der Waals surface area contributed by atoms with Gasteiger partial charge in [0.1, 0.15) is 0 Å². The number of hydrogen-bond acceptors (Lipinski definition) is 4. The molecule has 1 amide bonds. The predicted octanol–water partition coefficient (Wildman–Crippen LogP) is 3.79. The molecule has 27 heavy (non-hydrogen) atoms. The van der Waals surface area contributed by atoms with E-state index in [4.69, 9.17) is 5.11 Å². The quantitative estimate of drug-likeness (QED) is 0.484. The topological polar surface area (TPSA) is 78.8 Å². The van der Waals surface area contributed by atoms with E-state index in [1.54, 1.807) is 6.07 Å². The van der Waals surface area contributed by atoms with Gasteiger partial charge in [-0.05, 0) is 28.5 Å². The summed E-state index contributed by atoms with van der Waals surface area (Å²) < 4.78 is 0. The van der Waals surface area contributed by atoms with Crippen LogP contribution in [0.3, 0.4) is 0 Å². The summed E-state index contributed by atoms with van der Waals surface area (Å²) in [6, 6.07) is 22.7. The molecule has 0 aliphatic rings. The fourth-order valence-corrected chi connectivity index (χ4v) is 3.26. The molecule has 0 bridgehead atoms. The number of carboxylic acid groups (broad SMARTS) is 1. The van der Waals surface area contributed by atoms with Gasteiger partial charge in [-0.15, -0.1) is 11.8 Å². The second kappa shape index (κ2) is 9.00. The minimum Gasteiger partial charge on any atom is -0.481 e. The van der Waals surface area contributed by atoms with Crippen LogP contribution in [-0.4, -0.2) is 34.2 Å². The third-order valence-electron chi connectivity index (χ3n) is 3.88. The maximum Gasteiger partial charge on any atom is 0.313 e. The molecular weight excluding hydrogens is 360 g/mol. The van der Waals surface area contributed by atoms with E-state index in [9.17, 15) is 9.59 Å². The lowest BCUT2D eigenvalue weighted by molar-refractivity contribution is -0.133. The minimum atomic E-state index is -0.882. The zero-order valence-electron chi connectivity index (χ0n) is 14.5. The molecular formula is C21H18N2O3S. The van der Waals surface area contributed by atoms with Crippen molar-refractivity contribution in [1.82, 2.24) is 5.43 Å². The van der Waals surface area contributed by atoms with Gasteiger partial charge in [-0.25, -0.2) is 5.43 Å². The fraction of sp³-hybridized carbons (Fsp3) is 0.0952. The van der Waals surface area contributed by atoms with Crippen LogP contribution < -0.4 is 5.43 Å². The molecule has 0 saturated heterocycles. The molecule has 3 aromatic rings. The van der Waals surface area contributed by atoms with Crippen LogP contribution >= 0.6 is 11.8 Å². The predicted molar refractivity (Wildman–Crippen MR) is 109 cm³/mol. The van der Waals surface area contributed by atoms with E-state index in [-0.39, 0.29) is 11.7 Å². The molecule has 6 heteroatoms. The average molecular weight is 378 g/mol. The normalized spacial score (nSPS) is 11.3. The number of carboxylic acids is 1. The summed E-state index contributed by atoms with van der Waals surface area (Å²) in [7, 11) is 0. The highest BCUT2D eigenvalue weighted by atomic mass is 32.2. The zero-order valence-corrected chi connectivity index (χ0v) is 15.3. The number of aliphatic carboxylic acids is 1. The Morgan fingerprint density at radius 1 is 0.852 bits per heavy atom. The van der Waals surface area contributed by atoms with E-state index < -0.39 is 5.97 Å². The molecule has 0 aliphatic carbocycles. The Morgan fingerprint density at radius 3 is 2.30 bits per heavy atom. The third-order valence-corrected chi connectivity index (χ3v) is 4.80. The number of benzene rings is 3. The zero-order chi connectivity index (χ0) is 19.1. The molecule has 0 aliphatic heterocycles. The van der Waals surface area contributed by atoms with Gasteiger partial charge < -0.3 is 5.11 Å². The van der Waals surface area contributed by atoms with Crippen LogP contribution in [0.15, 0.2) is 77.9 Å². The summed E-state index contributed by atoms with van der Waals surface area (Å²) in [4.78, 5) is 23.2. The van der Waals surface area contributed by atoms with Crippen LogP contribution in [0.25, 0.3) is 10.8 Å². The number of fused-ring (bicyclic) bond motifs is 1. The van der Waals surface area contributed by atoms with Crippen molar-refractivity contribution in [2.24, 2.45) is 5.10 Å². The number of amides is 1. The number of hydrazone groups is 1. The van der Waals surface area contributed by atoms with Crippen molar-refractivity contribution in [3.8, 4) is 0 Å². The molecule has 5 nitrogen and oxygen atoms in total. The molecule has 3 rings (SSSR count). The molecule has 0 aromatic heterocycles. The fourth-order valence-electron chi connectivity index (χ4n) is 2.56. The molecule has 136 valence electrons. The van der Waals surface area contributed by atoms with Gasteiger partial charge in [0.05, 0.1) is 11.5 Å². The van der Waals surface area contributed by atoms with Crippen molar-refractivity contribution in [1.29, 1.82) is 0 Å². The van der Waals surface area contributed by atoms with Crippen LogP contribution in [0.5, 0.6) is 0 Å². The van der Waals surface area contributed by atoms with Gasteiger partial charge in [0.15, 0.2) is 0 Å². The molecule has 0 atom stereocenters. The first-order valence-electron chi connectivity index (χ1n) is 8.34. The molecule has 0 fully saturated rings. The number of nitrogens with one attached hydrogen (secondary N) is 1. The average Bonchev–Trinajstić information content (AvgIpc) is 2.70. The number of carbonyl (C=O) groups is 2. The lowest BCUT2D eigenvalue weighted by Crippen LogP contribution is -2.21. The van der Waals surface area contributed by atoms with Crippen LogP contribution in [0.2, 0.25) is 0 Å². The van der Waals surface area contributed by atoms with Crippen molar-refractivity contribution in [2.45, 2.75) is 0 Å². The van der Waals surface area contributed by atoms with Gasteiger partial charge in [-0.3, -0.25) is 9.59 Å². The largest absolute Gasteiger partial charge is 0.481 e. The van der Waals surface area contributed by atoms with Gasteiger partial charge in [-0.2, -0.15) is 5.10 Å². The Kier molecular flexibility index (Phi) is 6.22. The molecule has 0 saturated carbocycles. The molecule has 2 N–H and O–H groups in total. The van der Waals surface area contributed by atoms with Crippen molar-refractivity contribution >= 4 is 40.1 Å². The molecule has 3 aromatic carbocycles. The van der Waals surface area contributed by atoms with E-state index in [0.717, 1.165) is 16.3 Å². The summed E-state index contributed by atoms with van der Waals surface area (Å²) in [5.74, 6) is -0.830. The van der Waals surface area contributed by atoms with Gasteiger partial charge in [-0.1, -0.05) is 60.7 Å². The molecule has 0 unspecified atom stereocenters. The van der Waals surface area contributed by atoms with E-state index in [1.807, 2.05) is 66.7 Å². The van der Waals surface area contributed by atoms with Gasteiger partial charge in [0, 0.05) is 11.3 Å². The minimum absolute atomic E-state index is 0.0233. The Balaban J connectivity index is 1.77. The van der Waals surface area contributed by atoms with Crippen molar-refractivity contribution in [3.63, 3.8) is 0 Å². The summed E-state index contributed by atoms with van der Waals surface area (Å²) in [6.07, 6.45) is 0. The summed E-state index contributed by atoms with van der Waals surface area (Å²) in [5, 5.41) is 15.1. The highest BCUT2D eigenvalue weighted by Gasteiger charge is 2.09. The number of nitrogens with zero attached hydrogens (tertiary/aromatic N) is 1. The summed E-state index contributed by atoms with van der Waals surface area (Å²) in [5.41, 5.74) is 4.57. The second-order valence-corrected chi connectivity index (χ2v) is 6.80. The van der Waals surface area contributed by atoms with Crippen molar-refractivity contribution in [3.05, 3.63) is 83.9 Å². The standard InChI is InChI=1S/C21H18N2O3S/c24-20(25)14-27-13-19(16-7-2-1-3-8-16)22-23-21(26)18-11-10-15-6-4-5-9-17(15)12-18/h1-12H,13-14H2,(H,23,26)(H,24,25)/b22-19+. The summed E-state index contributed by atoms with van der Waals surface area (Å²) >= 11 is 1.23. The van der Waals surface area contributed by atoms with E-state index >= 15 is 0 Å². The number of hydrogen-bond donors (Lipinski definition) is 2. The second-order valence-electron chi connectivity index (χ2n) is 5.81. The molecule has 0 heterocycles. The number of thioether (sulfide) groups is 1. The smallest absolute Gasteiger partial charge is 0.313 e. The first-order chi connectivity index (χ1) is 13.1. The van der Waals surface area contributed by atoms with E-state index in [2.05, 4.69) is 10.5 Å². The number of carbonyl (C=O) groups excluding carboxylic acids is 1.